The maximum Gasteiger partial charge on any atom is 0.241 e. The SMILES string of the molecule is COc1cccc(CNC(=O)C(NS(=O)(=O)c2ccc3ccccc3c2)C(C)C)c1. The number of ether oxygens (including phenoxy) is 1. The Bertz CT molecular complexity index is 1140. The third kappa shape index (κ3) is 5.17. The van der Waals surface area contributed by atoms with Gasteiger partial charge in [-0.1, -0.05) is 56.3 Å². The summed E-state index contributed by atoms with van der Waals surface area (Å²) in [5, 5.41) is 4.59. The maximum atomic E-state index is 12.9. The summed E-state index contributed by atoms with van der Waals surface area (Å²) >= 11 is 0. The maximum absolute atomic E-state index is 12.9. The molecule has 7 heteroatoms. The molecule has 3 aromatic rings. The van der Waals surface area contributed by atoms with Gasteiger partial charge in [0.05, 0.1) is 12.0 Å². The van der Waals surface area contributed by atoms with Crippen molar-refractivity contribution in [2.45, 2.75) is 31.3 Å². The van der Waals surface area contributed by atoms with Gasteiger partial charge < -0.3 is 10.1 Å². The van der Waals surface area contributed by atoms with Gasteiger partial charge in [0.2, 0.25) is 15.9 Å². The molecule has 30 heavy (non-hydrogen) atoms. The summed E-state index contributed by atoms with van der Waals surface area (Å²) in [6, 6.07) is 18.9. The Morgan fingerprint density at radius 1 is 0.967 bits per heavy atom. The Labute approximate surface area is 177 Å². The topological polar surface area (TPSA) is 84.5 Å². The van der Waals surface area contributed by atoms with Crippen LogP contribution in [0.3, 0.4) is 0 Å². The number of carbonyl (C=O) groups excluding carboxylic acids is 1. The molecule has 0 radical (unpaired) electrons. The van der Waals surface area contributed by atoms with Crippen LogP contribution in [-0.4, -0.2) is 27.5 Å². The molecule has 158 valence electrons. The third-order valence-electron chi connectivity index (χ3n) is 4.86. The first-order chi connectivity index (χ1) is 14.3. The van der Waals surface area contributed by atoms with Gasteiger partial charge in [0.15, 0.2) is 0 Å². The molecule has 0 aliphatic heterocycles. The van der Waals surface area contributed by atoms with E-state index in [-0.39, 0.29) is 23.3 Å². The number of methoxy groups -OCH3 is 1. The van der Waals surface area contributed by atoms with Crippen molar-refractivity contribution >= 4 is 26.7 Å². The Kier molecular flexibility index (Phi) is 6.74. The fraction of sp³-hybridized carbons (Fsp3) is 0.261. The average Bonchev–Trinajstić information content (AvgIpc) is 2.75. The van der Waals surface area contributed by atoms with Crippen molar-refractivity contribution in [2.75, 3.05) is 7.11 Å². The van der Waals surface area contributed by atoms with Crippen molar-refractivity contribution in [3.05, 3.63) is 72.3 Å². The average molecular weight is 427 g/mol. The van der Waals surface area contributed by atoms with Crippen LogP contribution in [0.4, 0.5) is 0 Å². The van der Waals surface area contributed by atoms with Gasteiger partial charge in [-0.2, -0.15) is 4.72 Å². The number of fused-ring (bicyclic) bond motifs is 1. The van der Waals surface area contributed by atoms with Gasteiger partial charge in [-0.25, -0.2) is 8.42 Å². The van der Waals surface area contributed by atoms with Crippen LogP contribution in [0.1, 0.15) is 19.4 Å². The normalized spacial score (nSPS) is 12.7. The van der Waals surface area contributed by atoms with Crippen molar-refractivity contribution < 1.29 is 17.9 Å². The summed E-state index contributed by atoms with van der Waals surface area (Å²) in [6.07, 6.45) is 0. The molecule has 0 bridgehead atoms. The lowest BCUT2D eigenvalue weighted by molar-refractivity contribution is -0.123. The van der Waals surface area contributed by atoms with Crippen LogP contribution in [0.25, 0.3) is 10.8 Å². The van der Waals surface area contributed by atoms with Crippen LogP contribution >= 0.6 is 0 Å². The van der Waals surface area contributed by atoms with E-state index in [0.29, 0.717) is 5.75 Å². The first kappa shape index (κ1) is 21.8. The van der Waals surface area contributed by atoms with E-state index >= 15 is 0 Å². The van der Waals surface area contributed by atoms with Gasteiger partial charge in [-0.15, -0.1) is 0 Å². The lowest BCUT2D eigenvalue weighted by atomic mass is 10.0. The molecule has 0 saturated carbocycles. The van der Waals surface area contributed by atoms with Crippen LogP contribution in [-0.2, 0) is 21.4 Å². The first-order valence-corrected chi connectivity index (χ1v) is 11.2. The summed E-state index contributed by atoms with van der Waals surface area (Å²) in [4.78, 5) is 12.9. The summed E-state index contributed by atoms with van der Waals surface area (Å²) in [7, 11) is -2.29. The third-order valence-corrected chi connectivity index (χ3v) is 6.30. The molecule has 1 unspecified atom stereocenters. The molecule has 0 heterocycles. The standard InChI is InChI=1S/C23H26N2O4S/c1-16(2)22(23(26)24-15-17-7-6-10-20(13-17)29-3)25-30(27,28)21-12-11-18-8-4-5-9-19(18)14-21/h4-14,16,22,25H,15H2,1-3H3,(H,24,26). The lowest BCUT2D eigenvalue weighted by Crippen LogP contribution is -2.49. The van der Waals surface area contributed by atoms with Crippen molar-refractivity contribution in [1.29, 1.82) is 0 Å². The zero-order valence-corrected chi connectivity index (χ0v) is 18.1. The molecule has 0 saturated heterocycles. The van der Waals surface area contributed by atoms with E-state index in [2.05, 4.69) is 10.0 Å². The zero-order valence-electron chi connectivity index (χ0n) is 17.3. The minimum absolute atomic E-state index is 0.132. The van der Waals surface area contributed by atoms with Gasteiger partial charge >= 0.3 is 0 Å². The number of carbonyl (C=O) groups is 1. The highest BCUT2D eigenvalue weighted by Crippen LogP contribution is 2.20. The van der Waals surface area contributed by atoms with E-state index in [1.165, 1.54) is 0 Å². The summed E-state index contributed by atoms with van der Waals surface area (Å²) in [6.45, 7) is 3.88. The van der Waals surface area contributed by atoms with Crippen molar-refractivity contribution in [2.24, 2.45) is 5.92 Å². The second kappa shape index (κ2) is 9.28. The Morgan fingerprint density at radius 2 is 1.70 bits per heavy atom. The van der Waals surface area contributed by atoms with Crippen LogP contribution in [0.2, 0.25) is 0 Å². The molecule has 0 aliphatic rings. The van der Waals surface area contributed by atoms with E-state index in [4.69, 9.17) is 4.74 Å². The van der Waals surface area contributed by atoms with Gasteiger partial charge in [0.1, 0.15) is 11.8 Å². The summed E-state index contributed by atoms with van der Waals surface area (Å²) in [5.41, 5.74) is 0.864. The molecule has 0 fully saturated rings. The quantitative estimate of drug-likeness (QED) is 0.578. The van der Waals surface area contributed by atoms with Crippen LogP contribution in [0.15, 0.2) is 71.6 Å². The molecular weight excluding hydrogens is 400 g/mol. The van der Waals surface area contributed by atoms with Crippen molar-refractivity contribution in [3.8, 4) is 5.75 Å². The Balaban J connectivity index is 1.75. The Hall–Kier alpha value is -2.90. The molecule has 6 nitrogen and oxygen atoms in total. The van der Waals surface area contributed by atoms with Gasteiger partial charge in [0.25, 0.3) is 0 Å². The number of nitrogens with one attached hydrogen (secondary N) is 2. The zero-order chi connectivity index (χ0) is 21.7. The lowest BCUT2D eigenvalue weighted by Gasteiger charge is -2.22. The summed E-state index contributed by atoms with van der Waals surface area (Å²) < 4.78 is 33.6. The highest BCUT2D eigenvalue weighted by molar-refractivity contribution is 7.89. The molecular formula is C23H26N2O4S. The van der Waals surface area contributed by atoms with E-state index in [9.17, 15) is 13.2 Å². The highest BCUT2D eigenvalue weighted by Gasteiger charge is 2.28. The minimum Gasteiger partial charge on any atom is -0.497 e. The monoisotopic (exact) mass is 426 g/mol. The molecule has 0 aromatic heterocycles. The molecule has 3 rings (SSSR count). The van der Waals surface area contributed by atoms with Crippen LogP contribution in [0, 0.1) is 5.92 Å². The number of amides is 1. The molecule has 1 atom stereocenters. The van der Waals surface area contributed by atoms with E-state index in [0.717, 1.165) is 16.3 Å². The van der Waals surface area contributed by atoms with E-state index in [1.807, 2.05) is 48.5 Å². The number of sulfonamides is 1. The molecule has 0 spiro atoms. The minimum atomic E-state index is -3.87. The van der Waals surface area contributed by atoms with Crippen molar-refractivity contribution in [3.63, 3.8) is 0 Å². The highest BCUT2D eigenvalue weighted by atomic mass is 32.2. The van der Waals surface area contributed by atoms with E-state index < -0.39 is 16.1 Å². The van der Waals surface area contributed by atoms with Crippen LogP contribution in [0.5, 0.6) is 5.75 Å². The molecule has 3 aromatic carbocycles. The predicted octanol–water partition coefficient (Wildman–Crippen LogP) is 3.47. The number of rotatable bonds is 8. The number of hydrogen-bond donors (Lipinski definition) is 2. The smallest absolute Gasteiger partial charge is 0.241 e. The number of benzene rings is 3. The summed E-state index contributed by atoms with van der Waals surface area (Å²) in [5.74, 6) is 0.0851. The van der Waals surface area contributed by atoms with Crippen LogP contribution < -0.4 is 14.8 Å². The molecule has 1 amide bonds. The largest absolute Gasteiger partial charge is 0.497 e. The number of hydrogen-bond acceptors (Lipinski definition) is 4. The van der Waals surface area contributed by atoms with Crippen molar-refractivity contribution in [1.82, 2.24) is 10.0 Å². The first-order valence-electron chi connectivity index (χ1n) is 9.72. The second-order valence-electron chi connectivity index (χ2n) is 7.42. The Morgan fingerprint density at radius 3 is 2.40 bits per heavy atom. The van der Waals surface area contributed by atoms with Gasteiger partial charge in [-0.3, -0.25) is 4.79 Å². The molecule has 2 N–H and O–H groups in total. The second-order valence-corrected chi connectivity index (χ2v) is 9.14. The molecule has 0 aliphatic carbocycles. The predicted molar refractivity (Wildman–Crippen MR) is 118 cm³/mol. The van der Waals surface area contributed by atoms with Gasteiger partial charge in [0, 0.05) is 6.54 Å². The van der Waals surface area contributed by atoms with Gasteiger partial charge in [-0.05, 0) is 46.5 Å². The van der Waals surface area contributed by atoms with E-state index in [1.54, 1.807) is 39.2 Å². The fourth-order valence-corrected chi connectivity index (χ4v) is 4.52. The fourth-order valence-electron chi connectivity index (χ4n) is 3.14.